The molecule has 3 nitrogen and oxygen atoms in total. The molecule has 0 spiro atoms. The smallest absolute Gasteiger partial charge is 0.126 e. The summed E-state index contributed by atoms with van der Waals surface area (Å²) in [6, 6.07) is 2.13. The van der Waals surface area contributed by atoms with Crippen LogP contribution in [-0.4, -0.2) is 15.0 Å². The molecule has 3 aromatic rings. The summed E-state index contributed by atoms with van der Waals surface area (Å²) in [5.41, 5.74) is 4.67. The fraction of sp³-hybridized carbons (Fsp3) is 0.357. The molecule has 90 valence electrons. The van der Waals surface area contributed by atoms with Crippen LogP contribution in [0.4, 0.5) is 0 Å². The quantitative estimate of drug-likeness (QED) is 0.665. The van der Waals surface area contributed by atoms with Crippen LogP contribution in [0.1, 0.15) is 35.7 Å². The minimum Gasteiger partial charge on any atom is -0.242 e. The fourth-order valence-electron chi connectivity index (χ4n) is 2.57. The predicted molar refractivity (Wildman–Crippen MR) is 74.2 cm³/mol. The minimum atomic E-state index is 0.657. The first kappa shape index (κ1) is 10.4. The van der Waals surface area contributed by atoms with Crippen molar-refractivity contribution in [3.63, 3.8) is 0 Å². The zero-order valence-electron chi connectivity index (χ0n) is 10.4. The molecule has 0 saturated heterocycles. The van der Waals surface area contributed by atoms with Gasteiger partial charge in [0, 0.05) is 17.0 Å². The third kappa shape index (κ3) is 1.38. The van der Waals surface area contributed by atoms with E-state index in [4.69, 9.17) is 0 Å². The number of hydrogen-bond acceptors (Lipinski definition) is 4. The van der Waals surface area contributed by atoms with Gasteiger partial charge in [-0.25, -0.2) is 15.0 Å². The summed E-state index contributed by atoms with van der Waals surface area (Å²) in [6.45, 7) is 4.19. The van der Waals surface area contributed by atoms with Gasteiger partial charge in [0.2, 0.25) is 0 Å². The molecule has 3 aromatic heterocycles. The van der Waals surface area contributed by atoms with E-state index in [0.717, 1.165) is 16.0 Å². The number of nitrogens with zero attached hydrogens (tertiary/aromatic N) is 3. The molecule has 1 aliphatic carbocycles. The van der Waals surface area contributed by atoms with Crippen LogP contribution < -0.4 is 0 Å². The molecule has 1 saturated carbocycles. The molecule has 0 atom stereocenters. The van der Waals surface area contributed by atoms with Gasteiger partial charge in [-0.1, -0.05) is 0 Å². The maximum Gasteiger partial charge on any atom is 0.126 e. The molecule has 0 N–H and O–H groups in total. The molecule has 0 radical (unpaired) electrons. The van der Waals surface area contributed by atoms with E-state index < -0.39 is 0 Å². The molecule has 18 heavy (non-hydrogen) atoms. The Morgan fingerprint density at radius 2 is 2.06 bits per heavy atom. The Hall–Kier alpha value is -1.55. The lowest BCUT2D eigenvalue weighted by Crippen LogP contribution is -1.88. The summed E-state index contributed by atoms with van der Waals surface area (Å²) < 4.78 is 1.25. The van der Waals surface area contributed by atoms with E-state index in [1.165, 1.54) is 34.2 Å². The van der Waals surface area contributed by atoms with Gasteiger partial charge in [0.05, 0.1) is 15.9 Å². The van der Waals surface area contributed by atoms with Crippen molar-refractivity contribution in [3.8, 4) is 0 Å². The molecule has 3 heterocycles. The SMILES string of the molecule is Cc1cc(C)c2c(n1)sc1c(C3CC3)ncnc12. The number of hydrogen-bond donors (Lipinski definition) is 0. The summed E-state index contributed by atoms with van der Waals surface area (Å²) in [5.74, 6) is 0.657. The van der Waals surface area contributed by atoms with E-state index in [1.807, 2.05) is 6.92 Å². The van der Waals surface area contributed by atoms with Crippen molar-refractivity contribution in [1.82, 2.24) is 15.0 Å². The highest BCUT2D eigenvalue weighted by atomic mass is 32.1. The normalized spacial score (nSPS) is 15.7. The van der Waals surface area contributed by atoms with E-state index >= 15 is 0 Å². The zero-order chi connectivity index (χ0) is 12.3. The summed E-state index contributed by atoms with van der Waals surface area (Å²) >= 11 is 1.75. The van der Waals surface area contributed by atoms with E-state index in [1.54, 1.807) is 17.7 Å². The third-order valence-corrected chi connectivity index (χ3v) is 4.64. The Bertz CT molecular complexity index is 771. The Balaban J connectivity index is 2.17. The molecular weight excluding hydrogens is 242 g/mol. The summed E-state index contributed by atoms with van der Waals surface area (Å²) in [5, 5.41) is 1.21. The minimum absolute atomic E-state index is 0.657. The average molecular weight is 255 g/mol. The lowest BCUT2D eigenvalue weighted by molar-refractivity contribution is 1.03. The van der Waals surface area contributed by atoms with Gasteiger partial charge in [-0.2, -0.15) is 0 Å². The van der Waals surface area contributed by atoms with Crippen molar-refractivity contribution >= 4 is 31.8 Å². The monoisotopic (exact) mass is 255 g/mol. The summed E-state index contributed by atoms with van der Waals surface area (Å²) in [6.07, 6.45) is 4.25. The lowest BCUT2D eigenvalue weighted by atomic mass is 10.1. The maximum absolute atomic E-state index is 4.65. The predicted octanol–water partition coefficient (Wildman–Crippen LogP) is 3.73. The van der Waals surface area contributed by atoms with E-state index in [-0.39, 0.29) is 0 Å². The van der Waals surface area contributed by atoms with Gasteiger partial charge >= 0.3 is 0 Å². The lowest BCUT2D eigenvalue weighted by Gasteiger charge is -1.99. The fourth-order valence-corrected chi connectivity index (χ4v) is 3.89. The van der Waals surface area contributed by atoms with Crippen molar-refractivity contribution < 1.29 is 0 Å². The second kappa shape index (κ2) is 3.48. The molecule has 1 fully saturated rings. The summed E-state index contributed by atoms with van der Waals surface area (Å²) in [7, 11) is 0. The van der Waals surface area contributed by atoms with Crippen molar-refractivity contribution in [2.45, 2.75) is 32.6 Å². The van der Waals surface area contributed by atoms with Crippen LogP contribution >= 0.6 is 11.3 Å². The first-order valence-electron chi connectivity index (χ1n) is 6.25. The van der Waals surface area contributed by atoms with Crippen LogP contribution in [-0.2, 0) is 0 Å². The Kier molecular flexibility index (Phi) is 2.01. The van der Waals surface area contributed by atoms with Gasteiger partial charge in [0.1, 0.15) is 11.2 Å². The molecule has 1 aliphatic rings. The second-order valence-electron chi connectivity index (χ2n) is 5.07. The highest BCUT2D eigenvalue weighted by Crippen LogP contribution is 2.45. The van der Waals surface area contributed by atoms with Crippen LogP contribution in [0, 0.1) is 13.8 Å². The molecule has 4 heteroatoms. The van der Waals surface area contributed by atoms with Gasteiger partial charge in [0.15, 0.2) is 0 Å². The zero-order valence-corrected chi connectivity index (χ0v) is 11.2. The highest BCUT2D eigenvalue weighted by molar-refractivity contribution is 7.25. The number of pyridine rings is 1. The first-order valence-corrected chi connectivity index (χ1v) is 7.07. The van der Waals surface area contributed by atoms with E-state index in [9.17, 15) is 0 Å². The van der Waals surface area contributed by atoms with Gasteiger partial charge in [-0.05, 0) is 38.3 Å². The maximum atomic E-state index is 4.65. The van der Waals surface area contributed by atoms with E-state index in [2.05, 4.69) is 27.9 Å². The van der Waals surface area contributed by atoms with Crippen molar-refractivity contribution in [1.29, 1.82) is 0 Å². The number of thiophene rings is 1. The Labute approximate surface area is 109 Å². The standard InChI is InChI=1S/C14H13N3S/c1-7-5-8(2)17-14-10(7)12-13(18-14)11(9-3-4-9)15-6-16-12/h5-6,9H,3-4H2,1-2H3. The van der Waals surface area contributed by atoms with Gasteiger partial charge in [-0.3, -0.25) is 0 Å². The van der Waals surface area contributed by atoms with E-state index in [0.29, 0.717) is 5.92 Å². The second-order valence-corrected chi connectivity index (χ2v) is 6.07. The summed E-state index contributed by atoms with van der Waals surface area (Å²) in [4.78, 5) is 14.7. The van der Waals surface area contributed by atoms with Crippen LogP contribution in [0.25, 0.3) is 20.4 Å². The molecular formula is C14H13N3S. The molecule has 0 aromatic carbocycles. The Morgan fingerprint density at radius 1 is 1.22 bits per heavy atom. The Morgan fingerprint density at radius 3 is 2.83 bits per heavy atom. The van der Waals surface area contributed by atoms with Crippen molar-refractivity contribution in [2.75, 3.05) is 0 Å². The van der Waals surface area contributed by atoms with Crippen LogP contribution in [0.15, 0.2) is 12.4 Å². The molecule has 0 aliphatic heterocycles. The third-order valence-electron chi connectivity index (χ3n) is 3.54. The number of aromatic nitrogens is 3. The highest BCUT2D eigenvalue weighted by Gasteiger charge is 2.28. The molecule has 0 amide bonds. The first-order chi connectivity index (χ1) is 8.74. The van der Waals surface area contributed by atoms with Gasteiger partial charge < -0.3 is 0 Å². The van der Waals surface area contributed by atoms with Crippen molar-refractivity contribution in [3.05, 3.63) is 29.3 Å². The topological polar surface area (TPSA) is 38.7 Å². The average Bonchev–Trinajstić information content (AvgIpc) is 3.08. The van der Waals surface area contributed by atoms with Gasteiger partial charge in [-0.15, -0.1) is 11.3 Å². The number of aryl methyl sites for hydroxylation is 2. The van der Waals surface area contributed by atoms with Crippen molar-refractivity contribution in [2.24, 2.45) is 0 Å². The molecule has 0 unspecified atom stereocenters. The molecule has 0 bridgehead atoms. The van der Waals surface area contributed by atoms with Crippen LogP contribution in [0.3, 0.4) is 0 Å². The largest absolute Gasteiger partial charge is 0.242 e. The van der Waals surface area contributed by atoms with Gasteiger partial charge in [0.25, 0.3) is 0 Å². The number of rotatable bonds is 1. The van der Waals surface area contributed by atoms with Crippen LogP contribution in [0.2, 0.25) is 0 Å². The number of fused-ring (bicyclic) bond motifs is 3. The van der Waals surface area contributed by atoms with Crippen LogP contribution in [0.5, 0.6) is 0 Å². The molecule has 4 rings (SSSR count).